The zero-order chi connectivity index (χ0) is 18.1. The highest BCUT2D eigenvalue weighted by molar-refractivity contribution is 5.80. The molecule has 0 aliphatic carbocycles. The second kappa shape index (κ2) is 7.03. The van der Waals surface area contributed by atoms with Gasteiger partial charge in [0.1, 0.15) is 17.8 Å². The lowest BCUT2D eigenvalue weighted by Crippen LogP contribution is -2.49. The average Bonchev–Trinajstić information content (AvgIpc) is 3.02. The third kappa shape index (κ3) is 3.63. The smallest absolute Gasteiger partial charge is 0.252 e. The first kappa shape index (κ1) is 17.7. The minimum absolute atomic E-state index is 0.140. The molecule has 25 heavy (non-hydrogen) atoms. The average molecular weight is 356 g/mol. The summed E-state index contributed by atoms with van der Waals surface area (Å²) >= 11 is 0. The van der Waals surface area contributed by atoms with Crippen LogP contribution in [0.15, 0.2) is 18.2 Å². The molecule has 2 saturated heterocycles. The van der Waals surface area contributed by atoms with Crippen LogP contribution in [0.5, 0.6) is 0 Å². The number of nitrogens with zero attached hydrogens (tertiary/aromatic N) is 2. The molecule has 1 aromatic rings. The first-order chi connectivity index (χ1) is 11.9. The van der Waals surface area contributed by atoms with Gasteiger partial charge in [0.2, 0.25) is 5.91 Å². The van der Waals surface area contributed by atoms with Crippen molar-refractivity contribution in [2.75, 3.05) is 19.7 Å². The summed E-state index contributed by atoms with van der Waals surface area (Å²) in [6.45, 7) is 1.71. The Labute approximate surface area is 143 Å². The summed E-state index contributed by atoms with van der Waals surface area (Å²) < 4.78 is 41.3. The molecular weight excluding hydrogens is 337 g/mol. The van der Waals surface area contributed by atoms with Gasteiger partial charge in [0, 0.05) is 26.0 Å². The summed E-state index contributed by atoms with van der Waals surface area (Å²) in [5.74, 6) is -3.21. The second-order valence-electron chi connectivity index (χ2n) is 6.38. The van der Waals surface area contributed by atoms with Crippen LogP contribution in [0, 0.1) is 17.6 Å². The van der Waals surface area contributed by atoms with Gasteiger partial charge in [-0.25, -0.2) is 18.2 Å². The van der Waals surface area contributed by atoms with Gasteiger partial charge in [0.15, 0.2) is 0 Å². The third-order valence-electron chi connectivity index (χ3n) is 4.70. The lowest BCUT2D eigenvalue weighted by molar-refractivity contribution is -0.186. The number of hydroxylamine groups is 2. The molecule has 0 unspecified atom stereocenters. The van der Waals surface area contributed by atoms with Crippen LogP contribution in [-0.2, 0) is 14.4 Å². The van der Waals surface area contributed by atoms with E-state index in [9.17, 15) is 22.8 Å². The molecular formula is C17H19F3N2O3. The van der Waals surface area contributed by atoms with Crippen molar-refractivity contribution in [2.24, 2.45) is 5.92 Å². The van der Waals surface area contributed by atoms with E-state index in [0.717, 1.165) is 23.3 Å². The number of halogens is 3. The van der Waals surface area contributed by atoms with Crippen LogP contribution >= 0.6 is 0 Å². The number of hydrogen-bond acceptors (Lipinski definition) is 3. The summed E-state index contributed by atoms with van der Waals surface area (Å²) in [6, 6.07) is 2.39. The molecule has 2 fully saturated rings. The Kier molecular flexibility index (Phi) is 4.99. The predicted octanol–water partition coefficient (Wildman–Crippen LogP) is 2.38. The van der Waals surface area contributed by atoms with E-state index in [1.807, 2.05) is 0 Å². The van der Waals surface area contributed by atoms with Crippen molar-refractivity contribution in [1.82, 2.24) is 9.96 Å². The summed E-state index contributed by atoms with van der Waals surface area (Å²) in [6.07, 6.45) is -0.944. The molecule has 2 amide bonds. The Bertz CT molecular complexity index is 665. The van der Waals surface area contributed by atoms with Gasteiger partial charge < -0.3 is 4.90 Å². The molecule has 0 radical (unpaired) electrons. The van der Waals surface area contributed by atoms with Crippen LogP contribution in [0.4, 0.5) is 13.2 Å². The molecule has 0 aromatic heterocycles. The normalized spacial score (nSPS) is 26.8. The number of rotatable bonds is 2. The predicted molar refractivity (Wildman–Crippen MR) is 81.8 cm³/mol. The number of carbonyl (C=O) groups is 2. The topological polar surface area (TPSA) is 49.9 Å². The van der Waals surface area contributed by atoms with Crippen LogP contribution in [0.3, 0.4) is 0 Å². The molecule has 0 spiro atoms. The summed E-state index contributed by atoms with van der Waals surface area (Å²) in [4.78, 5) is 30.7. The molecule has 2 heterocycles. The highest BCUT2D eigenvalue weighted by atomic mass is 19.1. The molecule has 2 aliphatic rings. The Balaban J connectivity index is 1.76. The van der Waals surface area contributed by atoms with Crippen LogP contribution < -0.4 is 0 Å². The van der Waals surface area contributed by atoms with E-state index in [1.165, 1.54) is 11.8 Å². The third-order valence-corrected chi connectivity index (χ3v) is 4.70. The quantitative estimate of drug-likeness (QED) is 0.818. The van der Waals surface area contributed by atoms with Crippen LogP contribution in [0.25, 0.3) is 0 Å². The van der Waals surface area contributed by atoms with Gasteiger partial charge in [-0.15, -0.1) is 0 Å². The Morgan fingerprint density at radius 3 is 2.44 bits per heavy atom. The minimum Gasteiger partial charge on any atom is -0.340 e. The largest absolute Gasteiger partial charge is 0.340 e. The van der Waals surface area contributed by atoms with E-state index >= 15 is 0 Å². The van der Waals surface area contributed by atoms with Crippen LogP contribution in [-0.4, -0.2) is 47.6 Å². The van der Waals surface area contributed by atoms with Crippen molar-refractivity contribution < 1.29 is 27.6 Å². The lowest BCUT2D eigenvalue weighted by atomic mass is 9.93. The van der Waals surface area contributed by atoms with Gasteiger partial charge in [-0.2, -0.15) is 0 Å². The molecule has 1 aromatic carbocycles. The molecule has 2 aliphatic heterocycles. The first-order valence-electron chi connectivity index (χ1n) is 8.18. The van der Waals surface area contributed by atoms with Gasteiger partial charge in [-0.05, 0) is 24.1 Å². The van der Waals surface area contributed by atoms with Crippen molar-refractivity contribution in [3.05, 3.63) is 35.4 Å². The number of likely N-dealkylation sites (tertiary alicyclic amines) is 1. The molecule has 136 valence electrons. The standard InChI is InChI=1S/C17H19F3N2O3/c1-10(23)21-4-2-14(15(20)9-21)17(24)22-16(3-5-25-22)11-6-12(18)8-13(19)7-11/h6-8,14-16H,2-5,9H2,1H3/t14-,15+,16-/m0/s1. The van der Waals surface area contributed by atoms with E-state index in [1.54, 1.807) is 0 Å². The number of amides is 2. The van der Waals surface area contributed by atoms with Crippen molar-refractivity contribution in [2.45, 2.75) is 32.0 Å². The van der Waals surface area contributed by atoms with Gasteiger partial charge in [0.05, 0.1) is 25.1 Å². The van der Waals surface area contributed by atoms with Gasteiger partial charge >= 0.3 is 0 Å². The second-order valence-corrected chi connectivity index (χ2v) is 6.38. The van der Waals surface area contributed by atoms with Crippen molar-refractivity contribution in [1.29, 1.82) is 0 Å². The highest BCUT2D eigenvalue weighted by Crippen LogP contribution is 2.34. The van der Waals surface area contributed by atoms with E-state index in [0.29, 0.717) is 13.0 Å². The number of alkyl halides is 1. The SMILES string of the molecule is CC(=O)N1CC[C@H](C(=O)N2OCC[C@H]2c2cc(F)cc(F)c2)[C@H](F)C1. The molecule has 3 atom stereocenters. The maximum absolute atomic E-state index is 14.4. The van der Waals surface area contributed by atoms with Gasteiger partial charge in [-0.3, -0.25) is 14.4 Å². The van der Waals surface area contributed by atoms with E-state index in [2.05, 4.69) is 0 Å². The molecule has 0 N–H and O–H groups in total. The fourth-order valence-corrected chi connectivity index (χ4v) is 3.39. The first-order valence-corrected chi connectivity index (χ1v) is 8.18. The summed E-state index contributed by atoms with van der Waals surface area (Å²) in [7, 11) is 0. The minimum atomic E-state index is -1.50. The van der Waals surface area contributed by atoms with Crippen LogP contribution in [0.2, 0.25) is 0 Å². The van der Waals surface area contributed by atoms with E-state index in [4.69, 9.17) is 4.84 Å². The fraction of sp³-hybridized carbons (Fsp3) is 0.529. The van der Waals surface area contributed by atoms with Crippen molar-refractivity contribution in [3.8, 4) is 0 Å². The van der Waals surface area contributed by atoms with E-state index in [-0.39, 0.29) is 31.0 Å². The molecule has 0 bridgehead atoms. The Hall–Kier alpha value is -2.09. The summed E-state index contributed by atoms with van der Waals surface area (Å²) in [5, 5.41) is 1.04. The molecule has 3 rings (SSSR count). The van der Waals surface area contributed by atoms with Gasteiger partial charge in [-0.1, -0.05) is 0 Å². The van der Waals surface area contributed by atoms with Crippen molar-refractivity contribution in [3.63, 3.8) is 0 Å². The molecule has 0 saturated carbocycles. The molecule has 5 nitrogen and oxygen atoms in total. The zero-order valence-electron chi connectivity index (χ0n) is 13.8. The fourth-order valence-electron chi connectivity index (χ4n) is 3.39. The summed E-state index contributed by atoms with van der Waals surface area (Å²) in [5.41, 5.74) is 0.278. The number of piperidine rings is 1. The van der Waals surface area contributed by atoms with Gasteiger partial charge in [0.25, 0.3) is 5.91 Å². The monoisotopic (exact) mass is 356 g/mol. The zero-order valence-corrected chi connectivity index (χ0v) is 13.8. The maximum Gasteiger partial charge on any atom is 0.252 e. The molecule has 8 heteroatoms. The van der Waals surface area contributed by atoms with Crippen molar-refractivity contribution >= 4 is 11.8 Å². The lowest BCUT2D eigenvalue weighted by Gasteiger charge is -2.35. The Morgan fingerprint density at radius 1 is 1.16 bits per heavy atom. The highest BCUT2D eigenvalue weighted by Gasteiger charge is 2.42. The Morgan fingerprint density at radius 2 is 1.84 bits per heavy atom. The van der Waals surface area contributed by atoms with E-state index < -0.39 is 35.7 Å². The number of benzene rings is 1. The maximum atomic E-state index is 14.4. The number of hydrogen-bond donors (Lipinski definition) is 0. The number of carbonyl (C=O) groups excluding carboxylic acids is 2. The van der Waals surface area contributed by atoms with Crippen LogP contribution in [0.1, 0.15) is 31.4 Å².